The van der Waals surface area contributed by atoms with E-state index in [0.29, 0.717) is 5.88 Å². The smallest absolute Gasteiger partial charge is 0.194 e. The fourth-order valence-electron chi connectivity index (χ4n) is 1.71. The maximum absolute atomic E-state index is 5.64. The van der Waals surface area contributed by atoms with Crippen molar-refractivity contribution in [2.24, 2.45) is 0 Å². The summed E-state index contributed by atoms with van der Waals surface area (Å²) in [6.07, 6.45) is 5.46. The van der Waals surface area contributed by atoms with Crippen molar-refractivity contribution in [3.05, 3.63) is 53.7 Å². The van der Waals surface area contributed by atoms with Gasteiger partial charge in [-0.15, -0.1) is 11.6 Å². The summed E-state index contributed by atoms with van der Waals surface area (Å²) in [6, 6.07) is 10.4. The molecule has 0 unspecified atom stereocenters. The zero-order valence-electron chi connectivity index (χ0n) is 9.73. The number of hydrogen-bond donors (Lipinski definition) is 0. The van der Waals surface area contributed by atoms with Crippen molar-refractivity contribution in [3.8, 4) is 0 Å². The number of aryl methyl sites for hydroxylation is 3. The Morgan fingerprint density at radius 3 is 2.65 bits per heavy atom. The van der Waals surface area contributed by atoms with Gasteiger partial charge in [0.1, 0.15) is 5.76 Å². The van der Waals surface area contributed by atoms with Crippen molar-refractivity contribution in [2.75, 3.05) is 5.88 Å². The average molecular weight is 250 g/mol. The van der Waals surface area contributed by atoms with Crippen molar-refractivity contribution < 1.29 is 4.42 Å². The lowest BCUT2D eigenvalue weighted by atomic mass is 10.1. The van der Waals surface area contributed by atoms with Gasteiger partial charge in [0.25, 0.3) is 0 Å². The number of hydrogen-bond acceptors (Lipinski definition) is 2. The van der Waals surface area contributed by atoms with Crippen LogP contribution in [-0.4, -0.2) is 10.9 Å². The molecule has 2 aromatic rings. The van der Waals surface area contributed by atoms with Crippen LogP contribution in [-0.2, 0) is 19.3 Å². The van der Waals surface area contributed by atoms with Crippen molar-refractivity contribution in [1.82, 2.24) is 4.98 Å². The summed E-state index contributed by atoms with van der Waals surface area (Å²) < 4.78 is 5.64. The van der Waals surface area contributed by atoms with Crippen LogP contribution in [0.3, 0.4) is 0 Å². The number of nitrogens with zero attached hydrogens (tertiary/aromatic N) is 1. The van der Waals surface area contributed by atoms with Crippen molar-refractivity contribution >= 4 is 11.6 Å². The number of benzene rings is 1. The second kappa shape index (κ2) is 6.45. The Morgan fingerprint density at radius 2 is 1.88 bits per heavy atom. The molecule has 0 N–H and O–H groups in total. The molecule has 1 aromatic carbocycles. The molecule has 0 fully saturated rings. The third-order valence-electron chi connectivity index (χ3n) is 2.63. The van der Waals surface area contributed by atoms with Gasteiger partial charge in [0.15, 0.2) is 5.89 Å². The summed E-state index contributed by atoms with van der Waals surface area (Å²) in [4.78, 5) is 4.24. The Balaban J connectivity index is 1.85. The van der Waals surface area contributed by atoms with E-state index in [9.17, 15) is 0 Å². The third kappa shape index (κ3) is 3.90. The lowest BCUT2D eigenvalue weighted by Crippen LogP contribution is -1.89. The fourth-order valence-corrected chi connectivity index (χ4v) is 1.84. The topological polar surface area (TPSA) is 26.0 Å². The molecule has 90 valence electrons. The number of oxazole rings is 1. The molecule has 3 heteroatoms. The largest absolute Gasteiger partial charge is 0.446 e. The molecule has 0 aliphatic carbocycles. The van der Waals surface area contributed by atoms with Gasteiger partial charge >= 0.3 is 0 Å². The van der Waals surface area contributed by atoms with Gasteiger partial charge in [0, 0.05) is 18.7 Å². The zero-order chi connectivity index (χ0) is 11.9. The minimum atomic E-state index is 0.654. The van der Waals surface area contributed by atoms with Gasteiger partial charge in [0.05, 0.1) is 6.20 Å². The molecule has 0 spiro atoms. The number of halogens is 1. The van der Waals surface area contributed by atoms with Crippen LogP contribution >= 0.6 is 11.6 Å². The van der Waals surface area contributed by atoms with Crippen LogP contribution in [0, 0.1) is 0 Å². The van der Waals surface area contributed by atoms with Gasteiger partial charge in [0.2, 0.25) is 0 Å². The molecule has 2 nitrogen and oxygen atoms in total. The lowest BCUT2D eigenvalue weighted by Gasteiger charge is -1.98. The van der Waals surface area contributed by atoms with Gasteiger partial charge in [-0.2, -0.15) is 0 Å². The summed E-state index contributed by atoms with van der Waals surface area (Å²) in [5.74, 6) is 2.41. The second-order valence-electron chi connectivity index (χ2n) is 4.00. The monoisotopic (exact) mass is 249 g/mol. The van der Waals surface area contributed by atoms with Gasteiger partial charge < -0.3 is 4.42 Å². The number of rotatable bonds is 6. The van der Waals surface area contributed by atoms with Crippen LogP contribution in [0.15, 0.2) is 40.9 Å². The normalized spacial score (nSPS) is 10.6. The van der Waals surface area contributed by atoms with E-state index in [1.165, 1.54) is 5.56 Å². The van der Waals surface area contributed by atoms with E-state index in [0.717, 1.165) is 37.3 Å². The van der Waals surface area contributed by atoms with Crippen LogP contribution in [0.25, 0.3) is 0 Å². The predicted octanol–water partition coefficient (Wildman–Crippen LogP) is 3.63. The van der Waals surface area contributed by atoms with Gasteiger partial charge in [-0.1, -0.05) is 30.3 Å². The van der Waals surface area contributed by atoms with Crippen LogP contribution in [0.4, 0.5) is 0 Å². The van der Waals surface area contributed by atoms with Crippen LogP contribution in [0.5, 0.6) is 0 Å². The first-order valence-corrected chi connectivity index (χ1v) is 6.45. The van der Waals surface area contributed by atoms with E-state index in [1.807, 2.05) is 12.3 Å². The highest BCUT2D eigenvalue weighted by Gasteiger charge is 2.03. The Kier molecular flexibility index (Phi) is 4.63. The zero-order valence-corrected chi connectivity index (χ0v) is 10.5. The molecule has 17 heavy (non-hydrogen) atoms. The molecule has 0 atom stereocenters. The van der Waals surface area contributed by atoms with Gasteiger partial charge in [-0.25, -0.2) is 4.98 Å². The van der Waals surface area contributed by atoms with Crippen molar-refractivity contribution in [3.63, 3.8) is 0 Å². The summed E-state index contributed by atoms with van der Waals surface area (Å²) in [7, 11) is 0. The molecule has 0 amide bonds. The minimum Gasteiger partial charge on any atom is -0.446 e. The first-order valence-electron chi connectivity index (χ1n) is 5.92. The Bertz CT molecular complexity index is 438. The third-order valence-corrected chi connectivity index (χ3v) is 2.90. The highest BCUT2D eigenvalue weighted by atomic mass is 35.5. The van der Waals surface area contributed by atoms with E-state index in [-0.39, 0.29) is 0 Å². The maximum Gasteiger partial charge on any atom is 0.194 e. The van der Waals surface area contributed by atoms with Crippen molar-refractivity contribution in [2.45, 2.75) is 25.7 Å². The molecule has 0 bridgehead atoms. The van der Waals surface area contributed by atoms with Gasteiger partial charge in [-0.3, -0.25) is 0 Å². The Morgan fingerprint density at radius 1 is 1.06 bits per heavy atom. The van der Waals surface area contributed by atoms with E-state index >= 15 is 0 Å². The quantitative estimate of drug-likeness (QED) is 0.731. The summed E-state index contributed by atoms with van der Waals surface area (Å²) in [5, 5.41) is 0. The Labute approximate surface area is 107 Å². The average Bonchev–Trinajstić information content (AvgIpc) is 2.83. The standard InChI is InChI=1S/C14H16ClNO/c15-10-4-7-14-16-11-13(17-14)9-8-12-5-2-1-3-6-12/h1-3,5-6,11H,4,7-10H2. The maximum atomic E-state index is 5.64. The van der Waals surface area contributed by atoms with Crippen LogP contribution in [0.1, 0.15) is 23.6 Å². The van der Waals surface area contributed by atoms with E-state index in [4.69, 9.17) is 16.0 Å². The van der Waals surface area contributed by atoms with Crippen LogP contribution < -0.4 is 0 Å². The molecule has 0 saturated heterocycles. The summed E-state index contributed by atoms with van der Waals surface area (Å²) in [5.41, 5.74) is 1.33. The molecule has 0 aliphatic heterocycles. The second-order valence-corrected chi connectivity index (χ2v) is 4.38. The molecular formula is C14H16ClNO. The highest BCUT2D eigenvalue weighted by molar-refractivity contribution is 6.17. The van der Waals surface area contributed by atoms with Crippen molar-refractivity contribution in [1.29, 1.82) is 0 Å². The molecule has 0 aliphatic rings. The fraction of sp³-hybridized carbons (Fsp3) is 0.357. The summed E-state index contributed by atoms with van der Waals surface area (Å²) in [6.45, 7) is 0. The number of aromatic nitrogens is 1. The molecule has 1 aromatic heterocycles. The first kappa shape index (κ1) is 12.2. The minimum absolute atomic E-state index is 0.654. The van der Waals surface area contributed by atoms with E-state index in [1.54, 1.807) is 0 Å². The number of alkyl halides is 1. The highest BCUT2D eigenvalue weighted by Crippen LogP contribution is 2.10. The van der Waals surface area contributed by atoms with Crippen LogP contribution in [0.2, 0.25) is 0 Å². The molecular weight excluding hydrogens is 234 g/mol. The molecule has 0 radical (unpaired) electrons. The SMILES string of the molecule is ClCCCc1ncc(CCc2ccccc2)o1. The molecule has 0 saturated carbocycles. The van der Waals surface area contributed by atoms with Gasteiger partial charge in [-0.05, 0) is 18.4 Å². The molecule has 1 heterocycles. The predicted molar refractivity (Wildman–Crippen MR) is 69.4 cm³/mol. The summed E-state index contributed by atoms with van der Waals surface area (Å²) >= 11 is 5.63. The first-order chi connectivity index (χ1) is 8.38. The van der Waals surface area contributed by atoms with E-state index < -0.39 is 0 Å². The Hall–Kier alpha value is -1.28. The lowest BCUT2D eigenvalue weighted by molar-refractivity contribution is 0.452. The van der Waals surface area contributed by atoms with E-state index in [2.05, 4.69) is 29.2 Å². The molecule has 2 rings (SSSR count).